The third-order valence-corrected chi connectivity index (χ3v) is 2.23. The number of carbonyl (C=O) groups is 1. The second kappa shape index (κ2) is 5.54. The van der Waals surface area contributed by atoms with Gasteiger partial charge in [0.1, 0.15) is 5.75 Å². The van der Waals surface area contributed by atoms with E-state index in [1.54, 1.807) is 6.92 Å². The molecule has 0 saturated heterocycles. The quantitative estimate of drug-likeness (QED) is 0.846. The summed E-state index contributed by atoms with van der Waals surface area (Å²) in [6.45, 7) is 8.29. The second-order valence-corrected chi connectivity index (χ2v) is 3.98. The Morgan fingerprint density at radius 3 is 2.38 bits per heavy atom. The van der Waals surface area contributed by atoms with Crippen LogP contribution in [0, 0.1) is 13.8 Å². The highest BCUT2D eigenvalue weighted by Gasteiger charge is 2.13. The van der Waals surface area contributed by atoms with Crippen LogP contribution in [0.5, 0.6) is 5.75 Å². The molecule has 0 aliphatic heterocycles. The fourth-order valence-corrected chi connectivity index (χ4v) is 1.58. The van der Waals surface area contributed by atoms with Gasteiger partial charge < -0.3 is 10.1 Å². The molecule has 0 bridgehead atoms. The van der Waals surface area contributed by atoms with Gasteiger partial charge in [0.15, 0.2) is 6.10 Å². The zero-order valence-corrected chi connectivity index (χ0v) is 10.3. The zero-order chi connectivity index (χ0) is 12.1. The molecule has 0 aliphatic rings. The molecule has 3 heteroatoms. The lowest BCUT2D eigenvalue weighted by Crippen LogP contribution is -2.36. The number of ether oxygens (including phenoxy) is 1. The molecule has 0 aliphatic carbocycles. The molecule has 0 saturated carbocycles. The molecule has 1 atom stereocenters. The van der Waals surface area contributed by atoms with Crippen molar-refractivity contribution in [2.24, 2.45) is 0 Å². The predicted molar refractivity (Wildman–Crippen MR) is 64.7 cm³/mol. The van der Waals surface area contributed by atoms with Crippen molar-refractivity contribution in [1.82, 2.24) is 5.32 Å². The van der Waals surface area contributed by atoms with Crippen molar-refractivity contribution >= 4 is 5.91 Å². The van der Waals surface area contributed by atoms with Crippen LogP contribution in [0.1, 0.15) is 25.0 Å². The number of rotatable bonds is 4. The van der Waals surface area contributed by atoms with Crippen molar-refractivity contribution < 1.29 is 9.53 Å². The van der Waals surface area contributed by atoms with Gasteiger partial charge >= 0.3 is 0 Å². The summed E-state index contributed by atoms with van der Waals surface area (Å²) in [6.07, 6.45) is -0.457. The molecule has 0 fully saturated rings. The van der Waals surface area contributed by atoms with E-state index in [1.165, 1.54) is 0 Å². The van der Waals surface area contributed by atoms with Crippen molar-refractivity contribution in [2.45, 2.75) is 33.8 Å². The molecule has 16 heavy (non-hydrogen) atoms. The van der Waals surface area contributed by atoms with E-state index in [1.807, 2.05) is 32.9 Å². The van der Waals surface area contributed by atoms with Crippen LogP contribution >= 0.6 is 0 Å². The van der Waals surface area contributed by atoms with Crippen molar-refractivity contribution in [1.29, 1.82) is 0 Å². The summed E-state index contributed by atoms with van der Waals surface area (Å²) in [4.78, 5) is 11.5. The molecule has 88 valence electrons. The Kier molecular flexibility index (Phi) is 4.35. The minimum Gasteiger partial charge on any atom is -0.481 e. The molecular formula is C13H19NO2. The van der Waals surface area contributed by atoms with Gasteiger partial charge in [-0.05, 0) is 51.0 Å². The fraction of sp³-hybridized carbons (Fsp3) is 0.462. The largest absolute Gasteiger partial charge is 0.481 e. The highest BCUT2D eigenvalue weighted by atomic mass is 16.5. The van der Waals surface area contributed by atoms with Crippen molar-refractivity contribution in [2.75, 3.05) is 6.54 Å². The number of amides is 1. The maximum Gasteiger partial charge on any atom is 0.260 e. The Hall–Kier alpha value is -1.51. The molecular weight excluding hydrogens is 202 g/mol. The van der Waals surface area contributed by atoms with Gasteiger partial charge in [-0.2, -0.15) is 0 Å². The first-order chi connectivity index (χ1) is 7.52. The van der Waals surface area contributed by atoms with Gasteiger partial charge in [-0.25, -0.2) is 0 Å². The molecule has 0 spiro atoms. The molecule has 1 aromatic carbocycles. The summed E-state index contributed by atoms with van der Waals surface area (Å²) in [6, 6.07) is 5.94. The lowest BCUT2D eigenvalue weighted by atomic mass is 10.1. The second-order valence-electron chi connectivity index (χ2n) is 3.98. The van der Waals surface area contributed by atoms with E-state index in [2.05, 4.69) is 11.4 Å². The van der Waals surface area contributed by atoms with Crippen molar-refractivity contribution in [3.05, 3.63) is 29.3 Å². The molecule has 1 unspecified atom stereocenters. The first kappa shape index (κ1) is 12.6. The summed E-state index contributed by atoms with van der Waals surface area (Å²) in [5, 5.41) is 2.73. The summed E-state index contributed by atoms with van der Waals surface area (Å²) in [5.41, 5.74) is 2.27. The average molecular weight is 221 g/mol. The van der Waals surface area contributed by atoms with Crippen LogP contribution in [0.3, 0.4) is 0 Å². The Bertz CT molecular complexity index is 354. The number of hydrogen-bond acceptors (Lipinski definition) is 2. The molecule has 1 N–H and O–H groups in total. The number of nitrogens with one attached hydrogen (secondary N) is 1. The predicted octanol–water partition coefficient (Wildman–Crippen LogP) is 2.21. The summed E-state index contributed by atoms with van der Waals surface area (Å²) < 4.78 is 5.58. The van der Waals surface area contributed by atoms with Gasteiger partial charge in [0.05, 0.1) is 0 Å². The number of benzene rings is 1. The zero-order valence-electron chi connectivity index (χ0n) is 10.3. The summed E-state index contributed by atoms with van der Waals surface area (Å²) in [5.74, 6) is 0.665. The molecule has 1 aromatic rings. The van der Waals surface area contributed by atoms with Gasteiger partial charge in [-0.3, -0.25) is 4.79 Å². The monoisotopic (exact) mass is 221 g/mol. The van der Waals surface area contributed by atoms with Crippen LogP contribution in [0.2, 0.25) is 0 Å². The van der Waals surface area contributed by atoms with Gasteiger partial charge in [0.25, 0.3) is 5.91 Å². The van der Waals surface area contributed by atoms with Crippen molar-refractivity contribution in [3.8, 4) is 5.75 Å². The molecule has 1 amide bonds. The summed E-state index contributed by atoms with van der Waals surface area (Å²) >= 11 is 0. The number of likely N-dealkylation sites (N-methyl/N-ethyl adjacent to an activating group) is 1. The van der Waals surface area contributed by atoms with E-state index in [9.17, 15) is 4.79 Å². The first-order valence-corrected chi connectivity index (χ1v) is 5.55. The van der Waals surface area contributed by atoms with E-state index in [4.69, 9.17) is 4.74 Å². The number of hydrogen-bond donors (Lipinski definition) is 1. The van der Waals surface area contributed by atoms with Crippen LogP contribution < -0.4 is 10.1 Å². The van der Waals surface area contributed by atoms with Gasteiger partial charge in [0.2, 0.25) is 0 Å². The standard InChI is InChI=1S/C13H19NO2/c1-5-14-13(15)11(4)16-12-7-9(2)6-10(3)8-12/h6-8,11H,5H2,1-4H3,(H,14,15). The van der Waals surface area contributed by atoms with E-state index in [0.29, 0.717) is 6.54 Å². The lowest BCUT2D eigenvalue weighted by molar-refractivity contribution is -0.127. The van der Waals surface area contributed by atoms with Gasteiger partial charge in [-0.1, -0.05) is 6.07 Å². The van der Waals surface area contributed by atoms with Crippen LogP contribution in [-0.4, -0.2) is 18.6 Å². The Balaban J connectivity index is 2.69. The Labute approximate surface area is 96.8 Å². The fourth-order valence-electron chi connectivity index (χ4n) is 1.58. The Morgan fingerprint density at radius 2 is 1.88 bits per heavy atom. The van der Waals surface area contributed by atoms with Crippen molar-refractivity contribution in [3.63, 3.8) is 0 Å². The lowest BCUT2D eigenvalue weighted by Gasteiger charge is -2.14. The van der Waals surface area contributed by atoms with E-state index in [-0.39, 0.29) is 5.91 Å². The van der Waals surface area contributed by atoms with Crippen LogP contribution in [0.4, 0.5) is 0 Å². The third-order valence-electron chi connectivity index (χ3n) is 2.23. The molecule has 1 rings (SSSR count). The minimum absolute atomic E-state index is 0.0818. The van der Waals surface area contributed by atoms with E-state index in [0.717, 1.165) is 16.9 Å². The smallest absolute Gasteiger partial charge is 0.260 e. The molecule has 0 radical (unpaired) electrons. The van der Waals surface area contributed by atoms with E-state index >= 15 is 0 Å². The number of aryl methyl sites for hydroxylation is 2. The molecule has 3 nitrogen and oxygen atoms in total. The van der Waals surface area contributed by atoms with E-state index < -0.39 is 6.10 Å². The maximum atomic E-state index is 11.5. The summed E-state index contributed by atoms with van der Waals surface area (Å²) in [7, 11) is 0. The highest BCUT2D eigenvalue weighted by Crippen LogP contribution is 2.17. The first-order valence-electron chi connectivity index (χ1n) is 5.55. The van der Waals surface area contributed by atoms with Crippen LogP contribution in [-0.2, 0) is 4.79 Å². The third kappa shape index (κ3) is 3.57. The SMILES string of the molecule is CCNC(=O)C(C)Oc1cc(C)cc(C)c1. The number of carbonyl (C=O) groups excluding carboxylic acids is 1. The minimum atomic E-state index is -0.457. The van der Waals surface area contributed by atoms with Gasteiger partial charge in [0, 0.05) is 6.54 Å². The average Bonchev–Trinajstić information content (AvgIpc) is 2.16. The topological polar surface area (TPSA) is 38.3 Å². The maximum absolute atomic E-state index is 11.5. The molecule has 0 aromatic heterocycles. The normalized spacial score (nSPS) is 12.0. The van der Waals surface area contributed by atoms with Crippen LogP contribution in [0.15, 0.2) is 18.2 Å². The van der Waals surface area contributed by atoms with Crippen LogP contribution in [0.25, 0.3) is 0 Å². The Morgan fingerprint density at radius 1 is 1.31 bits per heavy atom. The molecule has 0 heterocycles. The highest BCUT2D eigenvalue weighted by molar-refractivity contribution is 5.80. The van der Waals surface area contributed by atoms with Gasteiger partial charge in [-0.15, -0.1) is 0 Å².